The van der Waals surface area contributed by atoms with E-state index in [0.717, 1.165) is 21.4 Å². The van der Waals surface area contributed by atoms with Crippen LogP contribution in [0, 0.1) is 0 Å². The maximum atomic E-state index is 5.11. The highest BCUT2D eigenvalue weighted by Crippen LogP contribution is 2.25. The Bertz CT molecular complexity index is 424. The fraction of sp³-hybridized carbons (Fsp3) is 0.0833. The van der Waals surface area contributed by atoms with Gasteiger partial charge in [0.25, 0.3) is 0 Å². The van der Waals surface area contributed by atoms with E-state index in [9.17, 15) is 0 Å². The Kier molecular flexibility index (Phi) is 3.86. The van der Waals surface area contributed by atoms with Crippen molar-refractivity contribution in [1.29, 1.82) is 0 Å². The van der Waals surface area contributed by atoms with Gasteiger partial charge in [-0.3, -0.25) is 0 Å². The van der Waals surface area contributed by atoms with Crippen LogP contribution in [0.4, 0.5) is 0 Å². The number of hydrogen-bond acceptors (Lipinski definition) is 2. The third kappa shape index (κ3) is 2.36. The fourth-order valence-corrected chi connectivity index (χ4v) is 1.67. The summed E-state index contributed by atoms with van der Waals surface area (Å²) in [5.41, 5.74) is 2.50. The van der Waals surface area contributed by atoms with Crippen molar-refractivity contribution < 1.29 is 4.74 Å². The third-order valence-corrected chi connectivity index (χ3v) is 2.41. The Morgan fingerprint density at radius 3 is 2.60 bits per heavy atom. The molecule has 0 radical (unpaired) electrons. The van der Waals surface area contributed by atoms with E-state index in [1.54, 1.807) is 19.3 Å². The summed E-state index contributed by atoms with van der Waals surface area (Å²) >= 11 is 3.32. The normalized spacial score (nSPS) is 9.47. The van der Waals surface area contributed by atoms with Gasteiger partial charge >= 0.3 is 0 Å². The monoisotopic (exact) mass is 265 g/mol. The lowest BCUT2D eigenvalue weighted by Crippen LogP contribution is -1.96. The molecule has 0 saturated carbocycles. The first-order valence-electron chi connectivity index (χ1n) is 4.32. The fourth-order valence-electron chi connectivity index (χ4n) is 1.25. The van der Waals surface area contributed by atoms with Gasteiger partial charge in [0.2, 0.25) is 0 Å². The number of rotatable bonds is 4. The number of nitrogens with zero attached hydrogens (tertiary/aromatic N) is 1. The summed E-state index contributed by atoms with van der Waals surface area (Å²) in [6.45, 7) is 11.3. The minimum Gasteiger partial charge on any atom is -0.497 e. The Balaban J connectivity index is 3.48. The second kappa shape index (κ2) is 4.94. The van der Waals surface area contributed by atoms with Gasteiger partial charge in [0.05, 0.1) is 12.8 Å². The highest BCUT2D eigenvalue weighted by Gasteiger charge is 2.10. The number of pyridine rings is 1. The van der Waals surface area contributed by atoms with Crippen molar-refractivity contribution >= 4 is 33.8 Å². The molecule has 1 rings (SSSR count). The Hall–Kier alpha value is -1.35. The molecule has 3 heteroatoms. The molecule has 0 aromatic carbocycles. The number of methoxy groups -OCH3 is 1. The van der Waals surface area contributed by atoms with Gasteiger partial charge in [0.1, 0.15) is 10.4 Å². The van der Waals surface area contributed by atoms with E-state index in [4.69, 9.17) is 4.74 Å². The minimum atomic E-state index is 0.580. The van der Waals surface area contributed by atoms with Gasteiger partial charge in [-0.2, -0.15) is 0 Å². The predicted octanol–water partition coefficient (Wildman–Crippen LogP) is 3.75. The van der Waals surface area contributed by atoms with Crippen LogP contribution < -0.4 is 0 Å². The topological polar surface area (TPSA) is 22.1 Å². The van der Waals surface area contributed by atoms with Crippen molar-refractivity contribution in [2.24, 2.45) is 0 Å². The number of hydrogen-bond donors (Lipinski definition) is 0. The van der Waals surface area contributed by atoms with Crippen LogP contribution in [0.3, 0.4) is 0 Å². The summed E-state index contributed by atoms with van der Waals surface area (Å²) in [4.78, 5) is 4.27. The summed E-state index contributed by atoms with van der Waals surface area (Å²) in [6.07, 6.45) is 3.39. The highest BCUT2D eigenvalue weighted by molar-refractivity contribution is 9.10. The van der Waals surface area contributed by atoms with Gasteiger partial charge in [-0.1, -0.05) is 25.8 Å². The highest BCUT2D eigenvalue weighted by atomic mass is 79.9. The zero-order valence-electron chi connectivity index (χ0n) is 8.59. The molecule has 0 N–H and O–H groups in total. The van der Waals surface area contributed by atoms with Gasteiger partial charge in [-0.15, -0.1) is 0 Å². The largest absolute Gasteiger partial charge is 0.497 e. The van der Waals surface area contributed by atoms with Crippen molar-refractivity contribution in [2.45, 2.75) is 0 Å². The summed E-state index contributed by atoms with van der Waals surface area (Å²) < 4.78 is 5.83. The molecule has 15 heavy (non-hydrogen) atoms. The van der Waals surface area contributed by atoms with Crippen LogP contribution in [0.25, 0.3) is 17.9 Å². The maximum absolute atomic E-state index is 5.11. The molecule has 0 fully saturated rings. The molecule has 78 valence electrons. The van der Waals surface area contributed by atoms with Gasteiger partial charge in [-0.25, -0.2) is 4.98 Å². The Morgan fingerprint density at radius 2 is 2.13 bits per heavy atom. The van der Waals surface area contributed by atoms with Gasteiger partial charge in [0.15, 0.2) is 0 Å². The Labute approximate surface area is 98.1 Å². The van der Waals surface area contributed by atoms with Crippen molar-refractivity contribution in [3.8, 4) is 0 Å². The summed E-state index contributed by atoms with van der Waals surface area (Å²) in [6, 6.07) is 1.84. The van der Waals surface area contributed by atoms with Crippen LogP contribution in [0.2, 0.25) is 0 Å². The van der Waals surface area contributed by atoms with E-state index in [0.29, 0.717) is 5.76 Å². The molecule has 1 aromatic heterocycles. The SMILES string of the molecule is C=Cc1nc(Br)cc(C(=C)OC)c1C=C. The average molecular weight is 266 g/mol. The van der Waals surface area contributed by atoms with Gasteiger partial charge in [0, 0.05) is 11.1 Å². The van der Waals surface area contributed by atoms with Crippen LogP contribution in [-0.4, -0.2) is 12.1 Å². The predicted molar refractivity (Wildman–Crippen MR) is 68.2 cm³/mol. The third-order valence-electron chi connectivity index (χ3n) is 2.00. The molecule has 2 nitrogen and oxygen atoms in total. The average Bonchev–Trinajstić information content (AvgIpc) is 2.26. The molecule has 0 aliphatic heterocycles. The molecule has 0 atom stereocenters. The lowest BCUT2D eigenvalue weighted by molar-refractivity contribution is 0.371. The molecular weight excluding hydrogens is 254 g/mol. The smallest absolute Gasteiger partial charge is 0.119 e. The quantitative estimate of drug-likeness (QED) is 0.611. The van der Waals surface area contributed by atoms with Crippen molar-refractivity contribution in [3.05, 3.63) is 47.2 Å². The van der Waals surface area contributed by atoms with Crippen molar-refractivity contribution in [3.63, 3.8) is 0 Å². The number of ether oxygens (including phenoxy) is 1. The zero-order valence-corrected chi connectivity index (χ0v) is 10.2. The zero-order chi connectivity index (χ0) is 11.4. The first-order chi connectivity index (χ1) is 7.13. The number of halogens is 1. The van der Waals surface area contributed by atoms with Gasteiger partial charge < -0.3 is 4.74 Å². The van der Waals surface area contributed by atoms with E-state index < -0.39 is 0 Å². The minimum absolute atomic E-state index is 0.580. The van der Waals surface area contributed by atoms with Gasteiger partial charge in [-0.05, 0) is 28.1 Å². The Morgan fingerprint density at radius 1 is 1.47 bits per heavy atom. The van der Waals surface area contributed by atoms with Crippen LogP contribution >= 0.6 is 15.9 Å². The summed E-state index contributed by atoms with van der Waals surface area (Å²) in [5.74, 6) is 0.580. The standard InChI is InChI=1S/C12H12BrNO/c1-5-9-10(8(3)15-4)7-12(13)14-11(9)6-2/h5-7H,1-3H2,4H3. The second-order valence-corrected chi connectivity index (χ2v) is 3.64. The first-order valence-corrected chi connectivity index (χ1v) is 5.12. The molecule has 0 amide bonds. The molecule has 1 aromatic rings. The van der Waals surface area contributed by atoms with Crippen LogP contribution in [0.1, 0.15) is 16.8 Å². The van der Waals surface area contributed by atoms with Crippen LogP contribution in [0.5, 0.6) is 0 Å². The first kappa shape index (κ1) is 11.7. The molecule has 1 heterocycles. The van der Waals surface area contributed by atoms with Crippen LogP contribution in [-0.2, 0) is 4.74 Å². The van der Waals surface area contributed by atoms with E-state index in [1.165, 1.54) is 0 Å². The molecule has 0 spiro atoms. The summed E-state index contributed by atoms with van der Waals surface area (Å²) in [5, 5.41) is 0. The molecule has 0 bridgehead atoms. The number of aromatic nitrogens is 1. The molecule has 0 saturated heterocycles. The molecule has 0 unspecified atom stereocenters. The lowest BCUT2D eigenvalue weighted by atomic mass is 10.1. The second-order valence-electron chi connectivity index (χ2n) is 2.83. The van der Waals surface area contributed by atoms with E-state index in [2.05, 4.69) is 40.7 Å². The maximum Gasteiger partial charge on any atom is 0.119 e. The van der Waals surface area contributed by atoms with E-state index >= 15 is 0 Å². The summed E-state index contributed by atoms with van der Waals surface area (Å²) in [7, 11) is 1.58. The van der Waals surface area contributed by atoms with Crippen molar-refractivity contribution in [2.75, 3.05) is 7.11 Å². The van der Waals surface area contributed by atoms with Crippen molar-refractivity contribution in [1.82, 2.24) is 4.98 Å². The lowest BCUT2D eigenvalue weighted by Gasteiger charge is -2.11. The van der Waals surface area contributed by atoms with E-state index in [-0.39, 0.29) is 0 Å². The molecule has 0 aliphatic carbocycles. The van der Waals surface area contributed by atoms with Crippen LogP contribution in [0.15, 0.2) is 30.4 Å². The van der Waals surface area contributed by atoms with E-state index in [1.807, 2.05) is 6.07 Å². The molecule has 0 aliphatic rings. The molecular formula is C12H12BrNO.